The van der Waals surface area contributed by atoms with E-state index in [0.29, 0.717) is 16.3 Å². The number of rotatable bonds is 7. The normalized spacial score (nSPS) is 14.3. The maximum atomic E-state index is 12.3. The second-order valence-electron chi connectivity index (χ2n) is 7.11. The molecule has 9 heteroatoms. The predicted molar refractivity (Wildman–Crippen MR) is 109 cm³/mol. The molecule has 0 unspecified atom stereocenters. The van der Waals surface area contributed by atoms with Gasteiger partial charge >= 0.3 is 17.8 Å². The van der Waals surface area contributed by atoms with Crippen LogP contribution in [0, 0.1) is 5.92 Å². The molecule has 0 spiro atoms. The lowest BCUT2D eigenvalue weighted by Crippen LogP contribution is -2.39. The van der Waals surface area contributed by atoms with Crippen LogP contribution in [-0.2, 0) is 14.4 Å². The lowest BCUT2D eigenvalue weighted by molar-refractivity contribution is -0.143. The molecule has 1 N–H and O–H groups in total. The molecular weight excluding hydrogens is 386 g/mol. The summed E-state index contributed by atoms with van der Waals surface area (Å²) in [6, 6.07) is 15.1. The van der Waals surface area contributed by atoms with Gasteiger partial charge in [-0.15, -0.1) is 0 Å². The minimum Gasteiger partial charge on any atom is -0.325 e. The van der Waals surface area contributed by atoms with Gasteiger partial charge in [-0.25, -0.2) is 9.69 Å². The van der Waals surface area contributed by atoms with Crippen molar-refractivity contribution in [2.75, 3.05) is 18.4 Å². The number of nitrogens with zero attached hydrogens (tertiary/aromatic N) is 4. The second kappa shape index (κ2) is 9.08. The number of urea groups is 1. The molecular formula is C21H21N5O4. The third-order valence-corrected chi connectivity index (χ3v) is 4.17. The van der Waals surface area contributed by atoms with Gasteiger partial charge in [0.2, 0.25) is 5.91 Å². The van der Waals surface area contributed by atoms with Crippen LogP contribution in [0.2, 0.25) is 0 Å². The van der Waals surface area contributed by atoms with Crippen LogP contribution in [0.4, 0.5) is 21.9 Å². The van der Waals surface area contributed by atoms with Gasteiger partial charge in [0.05, 0.1) is 11.4 Å². The number of carbonyl (C=O) groups is 4. The van der Waals surface area contributed by atoms with Gasteiger partial charge in [0.1, 0.15) is 6.54 Å². The Morgan fingerprint density at radius 1 is 0.867 bits per heavy atom. The highest BCUT2D eigenvalue weighted by Gasteiger charge is 2.45. The summed E-state index contributed by atoms with van der Waals surface area (Å²) in [6.07, 6.45) is 0. The SMILES string of the molecule is CC(C)CN1C(=O)C(=O)N(CC(=O)Nc2ccc(N=Nc3ccccc3)cc2)C1=O. The summed E-state index contributed by atoms with van der Waals surface area (Å²) >= 11 is 0. The molecule has 1 aliphatic rings. The van der Waals surface area contributed by atoms with Crippen LogP contribution in [0.15, 0.2) is 64.8 Å². The molecule has 0 aliphatic carbocycles. The molecule has 0 radical (unpaired) electrons. The van der Waals surface area contributed by atoms with Crippen molar-refractivity contribution in [3.8, 4) is 0 Å². The Balaban J connectivity index is 1.58. The minimum absolute atomic E-state index is 0.0111. The van der Waals surface area contributed by atoms with Crippen molar-refractivity contribution < 1.29 is 19.2 Å². The molecule has 3 rings (SSSR count). The lowest BCUT2D eigenvalue weighted by Gasteiger charge is -2.16. The van der Waals surface area contributed by atoms with Gasteiger partial charge in [0, 0.05) is 12.2 Å². The number of nitrogens with one attached hydrogen (secondary N) is 1. The molecule has 1 heterocycles. The average molecular weight is 407 g/mol. The summed E-state index contributed by atoms with van der Waals surface area (Å²) in [7, 11) is 0. The molecule has 154 valence electrons. The quantitative estimate of drug-likeness (QED) is 0.430. The van der Waals surface area contributed by atoms with Crippen molar-refractivity contribution >= 4 is 40.8 Å². The summed E-state index contributed by atoms with van der Waals surface area (Å²) in [5.74, 6) is -2.48. The number of anilines is 1. The van der Waals surface area contributed by atoms with Crippen molar-refractivity contribution in [3.63, 3.8) is 0 Å². The van der Waals surface area contributed by atoms with E-state index in [0.717, 1.165) is 10.6 Å². The van der Waals surface area contributed by atoms with E-state index in [1.807, 2.05) is 44.2 Å². The Morgan fingerprint density at radius 2 is 1.43 bits per heavy atom. The topological polar surface area (TPSA) is 112 Å². The molecule has 9 nitrogen and oxygen atoms in total. The average Bonchev–Trinajstić information content (AvgIpc) is 2.92. The number of carbonyl (C=O) groups excluding carboxylic acids is 4. The molecule has 2 aromatic rings. The Morgan fingerprint density at radius 3 is 2.03 bits per heavy atom. The van der Waals surface area contributed by atoms with Crippen molar-refractivity contribution in [1.29, 1.82) is 0 Å². The van der Waals surface area contributed by atoms with Gasteiger partial charge in [0.25, 0.3) is 0 Å². The third kappa shape index (κ3) is 4.93. The fraction of sp³-hybridized carbons (Fsp3) is 0.238. The molecule has 0 saturated carbocycles. The minimum atomic E-state index is -0.993. The monoisotopic (exact) mass is 407 g/mol. The second-order valence-corrected chi connectivity index (χ2v) is 7.11. The highest BCUT2D eigenvalue weighted by Crippen LogP contribution is 2.20. The first-order chi connectivity index (χ1) is 14.3. The standard InChI is InChI=1S/C21H21N5O4/c1-14(2)12-25-19(28)20(29)26(21(25)30)13-18(27)22-15-8-10-17(11-9-15)24-23-16-6-4-3-5-7-16/h3-11,14H,12-13H2,1-2H3,(H,22,27). The van der Waals surface area contributed by atoms with E-state index < -0.39 is 30.3 Å². The van der Waals surface area contributed by atoms with Gasteiger partial charge < -0.3 is 5.32 Å². The zero-order chi connectivity index (χ0) is 21.7. The first-order valence-corrected chi connectivity index (χ1v) is 9.39. The maximum absolute atomic E-state index is 12.3. The largest absolute Gasteiger partial charge is 0.334 e. The van der Waals surface area contributed by atoms with Crippen molar-refractivity contribution in [2.45, 2.75) is 13.8 Å². The molecule has 30 heavy (non-hydrogen) atoms. The van der Waals surface area contributed by atoms with Crippen LogP contribution >= 0.6 is 0 Å². The van der Waals surface area contributed by atoms with Gasteiger partial charge in [-0.2, -0.15) is 10.2 Å². The van der Waals surface area contributed by atoms with E-state index in [4.69, 9.17) is 0 Å². The number of hydrogen-bond acceptors (Lipinski definition) is 6. The number of imide groups is 2. The fourth-order valence-electron chi connectivity index (χ4n) is 2.78. The first kappa shape index (κ1) is 20.8. The fourth-order valence-corrected chi connectivity index (χ4v) is 2.78. The van der Waals surface area contributed by atoms with Gasteiger partial charge in [-0.05, 0) is 42.3 Å². The summed E-state index contributed by atoms with van der Waals surface area (Å²) < 4.78 is 0. The van der Waals surface area contributed by atoms with Gasteiger partial charge in [-0.1, -0.05) is 32.0 Å². The summed E-state index contributed by atoms with van der Waals surface area (Å²) in [5.41, 5.74) is 1.77. The van der Waals surface area contributed by atoms with Gasteiger partial charge in [-0.3, -0.25) is 19.3 Å². The zero-order valence-corrected chi connectivity index (χ0v) is 16.6. The Bertz CT molecular complexity index is 986. The van der Waals surface area contributed by atoms with Crippen LogP contribution in [-0.4, -0.2) is 46.6 Å². The van der Waals surface area contributed by atoms with E-state index in [1.165, 1.54) is 0 Å². The van der Waals surface area contributed by atoms with E-state index in [1.54, 1.807) is 24.3 Å². The smallest absolute Gasteiger partial charge is 0.325 e. The lowest BCUT2D eigenvalue weighted by atomic mass is 10.2. The number of benzene rings is 2. The summed E-state index contributed by atoms with van der Waals surface area (Å²) in [5, 5.41) is 10.8. The Labute approximate surface area is 173 Å². The van der Waals surface area contributed by atoms with Crippen LogP contribution in [0.3, 0.4) is 0 Å². The van der Waals surface area contributed by atoms with Crippen LogP contribution in [0.1, 0.15) is 13.8 Å². The Hall–Kier alpha value is -3.88. The van der Waals surface area contributed by atoms with Crippen LogP contribution in [0.5, 0.6) is 0 Å². The molecule has 0 bridgehead atoms. The van der Waals surface area contributed by atoms with E-state index in [-0.39, 0.29) is 12.5 Å². The molecule has 1 saturated heterocycles. The number of azo groups is 1. The van der Waals surface area contributed by atoms with Crippen molar-refractivity contribution in [3.05, 3.63) is 54.6 Å². The number of hydrogen-bond donors (Lipinski definition) is 1. The third-order valence-electron chi connectivity index (χ3n) is 4.17. The molecule has 2 aromatic carbocycles. The zero-order valence-electron chi connectivity index (χ0n) is 16.6. The maximum Gasteiger partial charge on any atom is 0.334 e. The highest BCUT2D eigenvalue weighted by molar-refractivity contribution is 6.45. The first-order valence-electron chi connectivity index (χ1n) is 9.39. The van der Waals surface area contributed by atoms with Crippen molar-refractivity contribution in [2.24, 2.45) is 16.1 Å². The predicted octanol–water partition coefficient (Wildman–Crippen LogP) is 3.49. The van der Waals surface area contributed by atoms with Crippen LogP contribution < -0.4 is 5.32 Å². The van der Waals surface area contributed by atoms with E-state index >= 15 is 0 Å². The molecule has 5 amide bonds. The van der Waals surface area contributed by atoms with E-state index in [9.17, 15) is 19.2 Å². The molecule has 0 atom stereocenters. The summed E-state index contributed by atoms with van der Waals surface area (Å²) in [6.45, 7) is 3.24. The molecule has 1 aliphatic heterocycles. The van der Waals surface area contributed by atoms with Crippen LogP contribution in [0.25, 0.3) is 0 Å². The highest BCUT2D eigenvalue weighted by atomic mass is 16.2. The molecule has 0 aromatic heterocycles. The Kier molecular flexibility index (Phi) is 6.31. The molecule has 1 fully saturated rings. The van der Waals surface area contributed by atoms with Crippen molar-refractivity contribution in [1.82, 2.24) is 9.80 Å². The van der Waals surface area contributed by atoms with E-state index in [2.05, 4.69) is 15.5 Å². The summed E-state index contributed by atoms with van der Waals surface area (Å²) in [4.78, 5) is 50.1. The number of amides is 5. The van der Waals surface area contributed by atoms with Gasteiger partial charge in [0.15, 0.2) is 0 Å².